The van der Waals surface area contributed by atoms with Gasteiger partial charge >= 0.3 is 0 Å². The van der Waals surface area contributed by atoms with Crippen LogP contribution in [-0.4, -0.2) is 18.1 Å². The second-order valence-corrected chi connectivity index (χ2v) is 6.67. The molecule has 0 bridgehead atoms. The molecule has 1 fully saturated rings. The van der Waals surface area contributed by atoms with E-state index in [4.69, 9.17) is 0 Å². The molecule has 1 atom stereocenters. The Morgan fingerprint density at radius 2 is 2.19 bits per heavy atom. The summed E-state index contributed by atoms with van der Waals surface area (Å²) in [5, 5.41) is 4.42. The van der Waals surface area contributed by atoms with Gasteiger partial charge in [-0.1, -0.05) is 18.2 Å². The number of hydrogen-bond acceptors (Lipinski definition) is 4. The molecule has 1 aromatic heterocycles. The van der Waals surface area contributed by atoms with Gasteiger partial charge < -0.3 is 10.2 Å². The molecule has 2 aromatic rings. The molecule has 0 aliphatic heterocycles. The number of benzene rings is 1. The summed E-state index contributed by atoms with van der Waals surface area (Å²) in [6, 6.07) is 7.59. The Bertz CT molecular complexity index is 609. The van der Waals surface area contributed by atoms with Gasteiger partial charge in [0, 0.05) is 36.3 Å². The van der Waals surface area contributed by atoms with Gasteiger partial charge in [0.2, 0.25) is 0 Å². The third-order valence-electron chi connectivity index (χ3n) is 3.92. The van der Waals surface area contributed by atoms with E-state index in [2.05, 4.69) is 10.3 Å². The van der Waals surface area contributed by atoms with Gasteiger partial charge in [0.15, 0.2) is 5.13 Å². The van der Waals surface area contributed by atoms with Crippen molar-refractivity contribution in [2.24, 2.45) is 0 Å². The first-order valence-corrected chi connectivity index (χ1v) is 8.12. The third kappa shape index (κ3) is 3.41. The monoisotopic (exact) mass is 305 g/mol. The molecule has 0 amide bonds. The lowest BCUT2D eigenvalue weighted by Crippen LogP contribution is -2.22. The molecule has 1 unspecified atom stereocenters. The topological polar surface area (TPSA) is 28.2 Å². The van der Waals surface area contributed by atoms with Crippen LogP contribution in [0, 0.1) is 5.82 Å². The molecular formula is C16H20FN3S. The molecule has 1 N–H and O–H groups in total. The maximum Gasteiger partial charge on any atom is 0.185 e. The Hall–Kier alpha value is -1.46. The zero-order valence-electron chi connectivity index (χ0n) is 12.3. The fourth-order valence-corrected chi connectivity index (χ4v) is 3.17. The molecule has 0 radical (unpaired) electrons. The third-order valence-corrected chi connectivity index (χ3v) is 5.01. The van der Waals surface area contributed by atoms with E-state index in [0.717, 1.165) is 11.7 Å². The van der Waals surface area contributed by atoms with E-state index in [1.807, 2.05) is 37.2 Å². The molecule has 1 aromatic carbocycles. The molecule has 1 saturated carbocycles. The number of nitrogens with zero attached hydrogens (tertiary/aromatic N) is 2. The second kappa shape index (κ2) is 6.12. The van der Waals surface area contributed by atoms with E-state index >= 15 is 0 Å². The Morgan fingerprint density at radius 3 is 2.90 bits per heavy atom. The molecule has 1 aliphatic rings. The number of hydrogen-bond donors (Lipinski definition) is 1. The van der Waals surface area contributed by atoms with Crippen LogP contribution in [0.2, 0.25) is 0 Å². The quantitative estimate of drug-likeness (QED) is 0.881. The number of nitrogens with one attached hydrogen (secondary N) is 1. The predicted octanol–water partition coefficient (Wildman–Crippen LogP) is 3.73. The van der Waals surface area contributed by atoms with Crippen LogP contribution in [0.15, 0.2) is 30.5 Å². The molecule has 3 rings (SSSR count). The van der Waals surface area contributed by atoms with E-state index < -0.39 is 0 Å². The summed E-state index contributed by atoms with van der Waals surface area (Å²) in [5.41, 5.74) is 0.702. The van der Waals surface area contributed by atoms with Crippen molar-refractivity contribution in [1.29, 1.82) is 0 Å². The summed E-state index contributed by atoms with van der Waals surface area (Å²) in [6.45, 7) is 2.88. The number of thiazole rings is 1. The van der Waals surface area contributed by atoms with Crippen LogP contribution in [0.5, 0.6) is 0 Å². The average Bonchev–Trinajstić information content (AvgIpc) is 3.21. The second-order valence-electron chi connectivity index (χ2n) is 5.57. The van der Waals surface area contributed by atoms with Gasteiger partial charge in [0.25, 0.3) is 0 Å². The molecule has 1 aliphatic carbocycles. The zero-order valence-corrected chi connectivity index (χ0v) is 13.2. The van der Waals surface area contributed by atoms with Crippen LogP contribution in [0.4, 0.5) is 9.52 Å². The minimum Gasteiger partial charge on any atom is -0.344 e. The van der Waals surface area contributed by atoms with Crippen molar-refractivity contribution in [2.75, 3.05) is 11.9 Å². The Balaban J connectivity index is 1.69. The maximum absolute atomic E-state index is 13.9. The van der Waals surface area contributed by atoms with E-state index in [9.17, 15) is 4.39 Å². The van der Waals surface area contributed by atoms with Crippen molar-refractivity contribution in [3.63, 3.8) is 0 Å². The number of halogens is 1. The van der Waals surface area contributed by atoms with Gasteiger partial charge in [0.1, 0.15) is 5.82 Å². The number of anilines is 1. The summed E-state index contributed by atoms with van der Waals surface area (Å²) < 4.78 is 13.9. The summed E-state index contributed by atoms with van der Waals surface area (Å²) in [7, 11) is 1.97. The van der Waals surface area contributed by atoms with Crippen molar-refractivity contribution in [3.8, 4) is 0 Å². The lowest BCUT2D eigenvalue weighted by atomic mass is 10.1. The van der Waals surface area contributed by atoms with Crippen LogP contribution in [0.3, 0.4) is 0 Å². The fraction of sp³-hybridized carbons (Fsp3) is 0.438. The smallest absolute Gasteiger partial charge is 0.185 e. The lowest BCUT2D eigenvalue weighted by molar-refractivity contribution is 0.585. The van der Waals surface area contributed by atoms with Crippen molar-refractivity contribution in [1.82, 2.24) is 10.3 Å². The molecule has 5 heteroatoms. The van der Waals surface area contributed by atoms with Gasteiger partial charge in [0.05, 0.1) is 6.04 Å². The van der Waals surface area contributed by atoms with Gasteiger partial charge in [-0.2, -0.15) is 0 Å². The van der Waals surface area contributed by atoms with Crippen molar-refractivity contribution >= 4 is 16.5 Å². The normalized spacial score (nSPS) is 16.0. The predicted molar refractivity (Wildman–Crippen MR) is 85.2 cm³/mol. The van der Waals surface area contributed by atoms with Gasteiger partial charge in [-0.05, 0) is 25.8 Å². The summed E-state index contributed by atoms with van der Waals surface area (Å²) in [6.07, 6.45) is 4.49. The Kier molecular flexibility index (Phi) is 4.22. The first kappa shape index (κ1) is 14.5. The van der Waals surface area contributed by atoms with Crippen LogP contribution in [-0.2, 0) is 6.54 Å². The van der Waals surface area contributed by atoms with Crippen LogP contribution in [0.25, 0.3) is 0 Å². The minimum absolute atomic E-state index is 0.0402. The molecular weight excluding hydrogens is 285 g/mol. The summed E-state index contributed by atoms with van der Waals surface area (Å²) in [5.74, 6) is -0.163. The van der Waals surface area contributed by atoms with Crippen LogP contribution < -0.4 is 10.2 Å². The summed E-state index contributed by atoms with van der Waals surface area (Å²) >= 11 is 1.67. The van der Waals surface area contributed by atoms with Gasteiger partial charge in [-0.25, -0.2) is 9.37 Å². The highest BCUT2D eigenvalue weighted by molar-refractivity contribution is 7.15. The molecule has 112 valence electrons. The highest BCUT2D eigenvalue weighted by Gasteiger charge is 2.21. The Labute approximate surface area is 128 Å². The average molecular weight is 305 g/mol. The number of rotatable bonds is 6. The standard InChI is InChI=1S/C16H20FN3S/c1-11(14-5-3-4-6-15(14)17)20(2)16-19-10-13(21-16)9-18-12-7-8-12/h3-6,10-12,18H,7-9H2,1-2H3. The fourth-order valence-electron chi connectivity index (χ4n) is 2.26. The van der Waals surface area contributed by atoms with Crippen molar-refractivity contribution < 1.29 is 4.39 Å². The molecule has 21 heavy (non-hydrogen) atoms. The van der Waals surface area contributed by atoms with E-state index in [1.165, 1.54) is 23.8 Å². The highest BCUT2D eigenvalue weighted by atomic mass is 32.1. The molecule has 3 nitrogen and oxygen atoms in total. The first-order chi connectivity index (χ1) is 10.1. The largest absolute Gasteiger partial charge is 0.344 e. The van der Waals surface area contributed by atoms with Crippen LogP contribution in [0.1, 0.15) is 36.2 Å². The molecule has 1 heterocycles. The Morgan fingerprint density at radius 1 is 1.43 bits per heavy atom. The lowest BCUT2D eigenvalue weighted by Gasteiger charge is -2.24. The van der Waals surface area contributed by atoms with Crippen LogP contribution >= 0.6 is 11.3 Å². The molecule has 0 saturated heterocycles. The highest BCUT2D eigenvalue weighted by Crippen LogP contribution is 2.30. The van der Waals surface area contributed by atoms with E-state index in [1.54, 1.807) is 17.4 Å². The summed E-state index contributed by atoms with van der Waals surface area (Å²) in [4.78, 5) is 7.73. The molecule has 0 spiro atoms. The zero-order chi connectivity index (χ0) is 14.8. The maximum atomic E-state index is 13.9. The first-order valence-electron chi connectivity index (χ1n) is 7.30. The van der Waals surface area contributed by atoms with E-state index in [0.29, 0.717) is 11.6 Å². The van der Waals surface area contributed by atoms with E-state index in [-0.39, 0.29) is 11.9 Å². The van der Waals surface area contributed by atoms with Crippen molar-refractivity contribution in [2.45, 2.75) is 38.4 Å². The van der Waals surface area contributed by atoms with Gasteiger partial charge in [-0.15, -0.1) is 11.3 Å². The number of aromatic nitrogens is 1. The van der Waals surface area contributed by atoms with Gasteiger partial charge in [-0.3, -0.25) is 0 Å². The SMILES string of the molecule is CC(c1ccccc1F)N(C)c1ncc(CNC2CC2)s1. The van der Waals surface area contributed by atoms with Crippen molar-refractivity contribution in [3.05, 3.63) is 46.7 Å². The minimum atomic E-state index is -0.163.